The molecule has 0 fully saturated rings. The number of hydrogen-bond donors (Lipinski definition) is 0. The van der Waals surface area contributed by atoms with Gasteiger partial charge in [0.2, 0.25) is 0 Å². The third kappa shape index (κ3) is 4.07. The molecule has 0 amide bonds. The molecule has 0 saturated heterocycles. The fraction of sp³-hybridized carbons (Fsp3) is 0.421. The Hall–Kier alpha value is -1.34. The Kier molecular flexibility index (Phi) is 5.81. The highest BCUT2D eigenvalue weighted by atomic mass is 35.5. The summed E-state index contributed by atoms with van der Waals surface area (Å²) < 4.78 is 0. The maximum Gasteiger partial charge on any atom is 0.178 e. The van der Waals surface area contributed by atoms with Crippen molar-refractivity contribution in [3.63, 3.8) is 0 Å². The molecule has 1 atom stereocenters. The van der Waals surface area contributed by atoms with E-state index < -0.39 is 0 Å². The smallest absolute Gasteiger partial charge is 0.178 e. The largest absolute Gasteiger partial charge is 0.293 e. The van der Waals surface area contributed by atoms with E-state index >= 15 is 0 Å². The zero-order valence-electron chi connectivity index (χ0n) is 12.9. The maximum absolute atomic E-state index is 12.3. The minimum absolute atomic E-state index is 0.0380. The molecule has 1 nitrogen and oxygen atoms in total. The first kappa shape index (κ1) is 16.0. The van der Waals surface area contributed by atoms with Crippen molar-refractivity contribution in [2.45, 2.75) is 46.0 Å². The molecule has 1 aliphatic carbocycles. The van der Waals surface area contributed by atoms with Gasteiger partial charge < -0.3 is 0 Å². The second-order valence-electron chi connectivity index (χ2n) is 5.79. The lowest BCUT2D eigenvalue weighted by Gasteiger charge is -2.22. The van der Waals surface area contributed by atoms with Crippen LogP contribution in [0.25, 0.3) is 5.57 Å². The molecule has 1 aliphatic rings. The topological polar surface area (TPSA) is 17.1 Å². The van der Waals surface area contributed by atoms with Crippen molar-refractivity contribution in [1.29, 1.82) is 0 Å². The van der Waals surface area contributed by atoms with Gasteiger partial charge in [-0.15, -0.1) is 0 Å². The molecule has 0 heterocycles. The molecule has 1 aromatic carbocycles. The van der Waals surface area contributed by atoms with Crippen LogP contribution in [0.2, 0.25) is 0 Å². The number of ketones is 1. The molecule has 0 N–H and O–H groups in total. The summed E-state index contributed by atoms with van der Waals surface area (Å²) in [6, 6.07) is 10.1. The molecule has 21 heavy (non-hydrogen) atoms. The lowest BCUT2D eigenvalue weighted by molar-refractivity contribution is -0.114. The second kappa shape index (κ2) is 7.61. The van der Waals surface area contributed by atoms with Gasteiger partial charge in [0.1, 0.15) is 0 Å². The van der Waals surface area contributed by atoms with E-state index in [1.807, 2.05) is 30.3 Å². The molecule has 1 unspecified atom stereocenters. The summed E-state index contributed by atoms with van der Waals surface area (Å²) in [5.74, 6) is 0.309. The van der Waals surface area contributed by atoms with Gasteiger partial charge in [0.15, 0.2) is 5.78 Å². The van der Waals surface area contributed by atoms with E-state index in [-0.39, 0.29) is 11.7 Å². The van der Waals surface area contributed by atoms with E-state index in [1.165, 1.54) is 18.4 Å². The van der Waals surface area contributed by atoms with E-state index in [0.29, 0.717) is 11.5 Å². The van der Waals surface area contributed by atoms with Crippen LogP contribution in [0.3, 0.4) is 0 Å². The van der Waals surface area contributed by atoms with E-state index in [9.17, 15) is 4.79 Å². The van der Waals surface area contributed by atoms with E-state index in [1.54, 1.807) is 0 Å². The Morgan fingerprint density at radius 1 is 1.24 bits per heavy atom. The lowest BCUT2D eigenvalue weighted by Crippen LogP contribution is -2.10. The quantitative estimate of drug-likeness (QED) is 0.647. The van der Waals surface area contributed by atoms with Crippen LogP contribution in [-0.4, -0.2) is 5.78 Å². The number of allylic oxidation sites excluding steroid dienone is 4. The predicted molar refractivity (Wildman–Crippen MR) is 90.2 cm³/mol. The molecule has 0 aliphatic heterocycles. The summed E-state index contributed by atoms with van der Waals surface area (Å²) in [5, 5.41) is 0.416. The minimum Gasteiger partial charge on any atom is -0.293 e. The first-order chi connectivity index (χ1) is 10.1. The molecule has 0 radical (unpaired) electrons. The minimum atomic E-state index is 0.0380. The molecule has 2 rings (SSSR count). The monoisotopic (exact) mass is 302 g/mol. The summed E-state index contributed by atoms with van der Waals surface area (Å²) in [4.78, 5) is 12.3. The average molecular weight is 303 g/mol. The molecular formula is C19H23ClO. The van der Waals surface area contributed by atoms with Crippen LogP contribution in [0.1, 0.15) is 51.5 Å². The van der Waals surface area contributed by atoms with Crippen LogP contribution in [0.5, 0.6) is 0 Å². The average Bonchev–Trinajstić information content (AvgIpc) is 2.49. The molecule has 2 heteroatoms. The van der Waals surface area contributed by atoms with Crippen molar-refractivity contribution in [2.75, 3.05) is 0 Å². The Labute approximate surface area is 132 Å². The van der Waals surface area contributed by atoms with Gasteiger partial charge in [-0.25, -0.2) is 0 Å². The number of halogens is 1. The van der Waals surface area contributed by atoms with Gasteiger partial charge in [-0.1, -0.05) is 73.9 Å². The summed E-state index contributed by atoms with van der Waals surface area (Å²) in [5.41, 5.74) is 3.47. The Bertz CT molecular complexity index is 554. The van der Waals surface area contributed by atoms with Gasteiger partial charge in [0.05, 0.1) is 5.03 Å². The van der Waals surface area contributed by atoms with Gasteiger partial charge in [-0.05, 0) is 36.3 Å². The van der Waals surface area contributed by atoms with Gasteiger partial charge in [0, 0.05) is 6.42 Å². The molecule has 0 aromatic heterocycles. The Balaban J connectivity index is 2.32. The zero-order valence-corrected chi connectivity index (χ0v) is 13.6. The van der Waals surface area contributed by atoms with Crippen LogP contribution in [-0.2, 0) is 4.79 Å². The molecular weight excluding hydrogens is 280 g/mol. The molecule has 112 valence electrons. The number of benzene rings is 1. The highest BCUT2D eigenvalue weighted by Gasteiger charge is 2.22. The van der Waals surface area contributed by atoms with Crippen LogP contribution >= 0.6 is 11.6 Å². The number of Topliss-reactive ketones (excluding diaryl/α,β-unsaturated/α-hetero) is 1. The summed E-state index contributed by atoms with van der Waals surface area (Å²) in [6.07, 6.45) is 6.98. The van der Waals surface area contributed by atoms with Crippen LogP contribution < -0.4 is 0 Å². The first-order valence-electron chi connectivity index (χ1n) is 7.79. The molecule has 0 spiro atoms. The summed E-state index contributed by atoms with van der Waals surface area (Å²) in [7, 11) is 0. The number of rotatable bonds is 4. The van der Waals surface area contributed by atoms with Gasteiger partial charge in [-0.2, -0.15) is 0 Å². The SMILES string of the molecule is CCCC/C1=C/CC(=O)/C(Cl)=C(/c2ccccc2)C(C)C1. The van der Waals surface area contributed by atoms with Crippen molar-refractivity contribution in [3.05, 3.63) is 52.6 Å². The third-order valence-corrected chi connectivity index (χ3v) is 4.47. The zero-order chi connectivity index (χ0) is 15.2. The van der Waals surface area contributed by atoms with Gasteiger partial charge in [-0.3, -0.25) is 4.79 Å². The maximum atomic E-state index is 12.3. The Morgan fingerprint density at radius 2 is 1.95 bits per heavy atom. The third-order valence-electron chi connectivity index (χ3n) is 4.05. The van der Waals surface area contributed by atoms with E-state index in [0.717, 1.165) is 24.0 Å². The normalized spacial score (nSPS) is 26.0. The highest BCUT2D eigenvalue weighted by molar-refractivity contribution is 6.45. The van der Waals surface area contributed by atoms with E-state index in [4.69, 9.17) is 11.6 Å². The van der Waals surface area contributed by atoms with Crippen LogP contribution in [0.15, 0.2) is 47.0 Å². The van der Waals surface area contributed by atoms with Crippen molar-refractivity contribution >= 4 is 23.0 Å². The number of carbonyl (C=O) groups excluding carboxylic acids is 1. The fourth-order valence-corrected chi connectivity index (χ4v) is 3.28. The highest BCUT2D eigenvalue weighted by Crippen LogP contribution is 2.36. The number of hydrogen-bond acceptors (Lipinski definition) is 1. The van der Waals surface area contributed by atoms with Crippen molar-refractivity contribution in [1.82, 2.24) is 0 Å². The number of carbonyl (C=O) groups is 1. The van der Waals surface area contributed by atoms with Gasteiger partial charge >= 0.3 is 0 Å². The molecule has 0 bridgehead atoms. The van der Waals surface area contributed by atoms with Crippen molar-refractivity contribution in [2.24, 2.45) is 5.92 Å². The van der Waals surface area contributed by atoms with Crippen molar-refractivity contribution < 1.29 is 4.79 Å². The summed E-state index contributed by atoms with van der Waals surface area (Å²) >= 11 is 6.39. The summed E-state index contributed by atoms with van der Waals surface area (Å²) in [6.45, 7) is 4.37. The first-order valence-corrected chi connectivity index (χ1v) is 8.17. The predicted octanol–water partition coefficient (Wildman–Crippen LogP) is 5.75. The Morgan fingerprint density at radius 3 is 2.62 bits per heavy atom. The van der Waals surface area contributed by atoms with Crippen molar-refractivity contribution in [3.8, 4) is 0 Å². The fourth-order valence-electron chi connectivity index (χ4n) is 2.91. The van der Waals surface area contributed by atoms with Gasteiger partial charge in [0.25, 0.3) is 0 Å². The van der Waals surface area contributed by atoms with E-state index in [2.05, 4.69) is 19.9 Å². The van der Waals surface area contributed by atoms with Crippen LogP contribution in [0.4, 0.5) is 0 Å². The molecule has 1 aromatic rings. The standard InChI is InChI=1S/C19H23ClO/c1-3-4-8-15-11-12-17(21)19(20)18(14(2)13-15)16-9-6-5-7-10-16/h5-7,9-11,14H,3-4,8,12-13H2,1-2H3/b15-11-,19-18-. The lowest BCUT2D eigenvalue weighted by atomic mass is 9.84. The van der Waals surface area contributed by atoms with Crippen LogP contribution in [0, 0.1) is 5.92 Å². The number of unbranched alkanes of at least 4 members (excludes halogenated alkanes) is 1. The molecule has 0 saturated carbocycles. The second-order valence-corrected chi connectivity index (χ2v) is 6.17.